The zero-order valence-electron chi connectivity index (χ0n) is 11.3. The van der Waals surface area contributed by atoms with E-state index in [0.29, 0.717) is 5.82 Å². The summed E-state index contributed by atoms with van der Waals surface area (Å²) in [5.41, 5.74) is 11.9. The molecule has 5 N–H and O–H groups in total. The molecule has 0 fully saturated rings. The molecule has 0 saturated heterocycles. The van der Waals surface area contributed by atoms with E-state index in [1.165, 1.54) is 5.56 Å². The molecule has 2 heterocycles. The van der Waals surface area contributed by atoms with E-state index in [1.807, 2.05) is 31.2 Å². The second-order valence-electron chi connectivity index (χ2n) is 5.10. The number of nitrogens with two attached hydrogens (primary N) is 2. The number of nitrogens with zero attached hydrogens (tertiary/aromatic N) is 1. The molecular formula is C15H18N4O. The number of nitrogens with one attached hydrogen (secondary N) is 1. The summed E-state index contributed by atoms with van der Waals surface area (Å²) in [6.45, 7) is 1.98. The van der Waals surface area contributed by atoms with Crippen molar-refractivity contribution < 1.29 is 4.74 Å². The fourth-order valence-corrected chi connectivity index (χ4v) is 2.64. The van der Waals surface area contributed by atoms with Gasteiger partial charge in [-0.1, -0.05) is 18.2 Å². The molecule has 104 valence electrons. The maximum Gasteiger partial charge on any atom is 0.128 e. The van der Waals surface area contributed by atoms with Crippen molar-refractivity contribution in [3.8, 4) is 5.75 Å². The van der Waals surface area contributed by atoms with E-state index >= 15 is 0 Å². The zero-order chi connectivity index (χ0) is 14.1. The molecule has 1 aromatic carbocycles. The first-order valence-electron chi connectivity index (χ1n) is 6.61. The predicted molar refractivity (Wildman–Crippen MR) is 78.0 cm³/mol. The third kappa shape index (κ3) is 2.21. The number of rotatable bonds is 3. The maximum absolute atomic E-state index is 5.98. The summed E-state index contributed by atoms with van der Waals surface area (Å²) in [6, 6.07) is 9.84. The predicted octanol–water partition coefficient (Wildman–Crippen LogP) is 1.48. The molecule has 2 atom stereocenters. The number of pyridine rings is 1. The molecule has 2 aromatic rings. The van der Waals surface area contributed by atoms with E-state index in [1.54, 1.807) is 6.20 Å². The highest BCUT2D eigenvalue weighted by atomic mass is 16.5. The summed E-state index contributed by atoms with van der Waals surface area (Å²) >= 11 is 0. The SMILES string of the molecule is Cc1cnc(N)c(C(NN)C2Cc3ccccc3O2)c1. The second kappa shape index (κ2) is 5.11. The van der Waals surface area contributed by atoms with Gasteiger partial charge in [0.1, 0.15) is 17.7 Å². The van der Waals surface area contributed by atoms with Crippen molar-refractivity contribution in [2.75, 3.05) is 5.73 Å². The Morgan fingerprint density at radius 3 is 2.95 bits per heavy atom. The quantitative estimate of drug-likeness (QED) is 0.581. The lowest BCUT2D eigenvalue weighted by Crippen LogP contribution is -2.39. The Hall–Kier alpha value is -2.11. The van der Waals surface area contributed by atoms with Gasteiger partial charge in [-0.2, -0.15) is 0 Å². The van der Waals surface area contributed by atoms with E-state index in [-0.39, 0.29) is 12.1 Å². The molecule has 20 heavy (non-hydrogen) atoms. The normalized spacial score (nSPS) is 18.4. The minimum Gasteiger partial charge on any atom is -0.488 e. The highest BCUT2D eigenvalue weighted by Gasteiger charge is 2.32. The molecule has 3 rings (SSSR count). The van der Waals surface area contributed by atoms with Crippen LogP contribution in [0.5, 0.6) is 5.75 Å². The third-order valence-electron chi connectivity index (χ3n) is 3.64. The number of ether oxygens (including phenoxy) is 1. The number of hydrazine groups is 1. The van der Waals surface area contributed by atoms with E-state index in [0.717, 1.165) is 23.3 Å². The molecular weight excluding hydrogens is 252 g/mol. The molecule has 2 unspecified atom stereocenters. The Balaban J connectivity index is 1.91. The summed E-state index contributed by atoms with van der Waals surface area (Å²) in [4.78, 5) is 4.19. The topological polar surface area (TPSA) is 86.2 Å². The van der Waals surface area contributed by atoms with Gasteiger partial charge in [-0.3, -0.25) is 5.84 Å². The number of aromatic nitrogens is 1. The number of hydrogen-bond acceptors (Lipinski definition) is 5. The summed E-state index contributed by atoms with van der Waals surface area (Å²) in [6.07, 6.45) is 2.47. The number of aryl methyl sites for hydroxylation is 1. The van der Waals surface area contributed by atoms with Crippen LogP contribution in [0.25, 0.3) is 0 Å². The van der Waals surface area contributed by atoms with Gasteiger partial charge in [0, 0.05) is 18.2 Å². The van der Waals surface area contributed by atoms with E-state index < -0.39 is 0 Å². The lowest BCUT2D eigenvalue weighted by molar-refractivity contribution is 0.179. The standard InChI is InChI=1S/C15H18N4O/c1-9-6-11(15(16)18-8-9)14(19-17)13-7-10-4-2-3-5-12(10)20-13/h2-6,8,13-14,19H,7,17H2,1H3,(H2,16,18). The van der Waals surface area contributed by atoms with Gasteiger partial charge >= 0.3 is 0 Å². The van der Waals surface area contributed by atoms with Crippen LogP contribution in [0.4, 0.5) is 5.82 Å². The van der Waals surface area contributed by atoms with Gasteiger partial charge in [0.05, 0.1) is 6.04 Å². The Morgan fingerprint density at radius 1 is 1.40 bits per heavy atom. The molecule has 1 aliphatic rings. The number of benzene rings is 1. The average Bonchev–Trinajstić information content (AvgIpc) is 2.87. The third-order valence-corrected chi connectivity index (χ3v) is 3.64. The summed E-state index contributed by atoms with van der Waals surface area (Å²) < 4.78 is 5.98. The van der Waals surface area contributed by atoms with Crippen molar-refractivity contribution in [3.63, 3.8) is 0 Å². The van der Waals surface area contributed by atoms with Gasteiger partial charge in [0.15, 0.2) is 0 Å². The lowest BCUT2D eigenvalue weighted by Gasteiger charge is -2.24. The first kappa shape index (κ1) is 12.9. The number of nitrogen functional groups attached to an aromatic ring is 1. The highest BCUT2D eigenvalue weighted by Crippen LogP contribution is 2.35. The van der Waals surface area contributed by atoms with Gasteiger partial charge in [-0.15, -0.1) is 0 Å². The first-order chi connectivity index (χ1) is 9.69. The van der Waals surface area contributed by atoms with Gasteiger partial charge < -0.3 is 10.5 Å². The molecule has 1 aromatic heterocycles. The summed E-state index contributed by atoms with van der Waals surface area (Å²) in [5, 5.41) is 0. The van der Waals surface area contributed by atoms with Crippen LogP contribution in [0.3, 0.4) is 0 Å². The van der Waals surface area contributed by atoms with Crippen LogP contribution in [0.15, 0.2) is 36.5 Å². The van der Waals surface area contributed by atoms with Gasteiger partial charge in [-0.05, 0) is 30.2 Å². The summed E-state index contributed by atoms with van der Waals surface area (Å²) in [5.74, 6) is 7.12. The molecule has 0 aliphatic carbocycles. The van der Waals surface area contributed by atoms with E-state index in [4.69, 9.17) is 16.3 Å². The Labute approximate surface area is 117 Å². The smallest absolute Gasteiger partial charge is 0.128 e. The fraction of sp³-hybridized carbons (Fsp3) is 0.267. The molecule has 5 heteroatoms. The van der Waals surface area contributed by atoms with Crippen LogP contribution in [0.1, 0.15) is 22.7 Å². The second-order valence-corrected chi connectivity index (χ2v) is 5.10. The van der Waals surface area contributed by atoms with Crippen molar-refractivity contribution in [2.45, 2.75) is 25.5 Å². The number of fused-ring (bicyclic) bond motifs is 1. The van der Waals surface area contributed by atoms with Crippen molar-refractivity contribution in [1.82, 2.24) is 10.4 Å². The van der Waals surface area contributed by atoms with E-state index in [2.05, 4.69) is 16.5 Å². The van der Waals surface area contributed by atoms with Crippen LogP contribution in [-0.4, -0.2) is 11.1 Å². The maximum atomic E-state index is 5.98. The monoisotopic (exact) mass is 270 g/mol. The van der Waals surface area contributed by atoms with Crippen molar-refractivity contribution in [1.29, 1.82) is 0 Å². The average molecular weight is 270 g/mol. The molecule has 0 bridgehead atoms. The number of hydrogen-bond donors (Lipinski definition) is 3. The van der Waals surface area contributed by atoms with Crippen LogP contribution in [0, 0.1) is 6.92 Å². The minimum atomic E-state index is -0.185. The molecule has 0 saturated carbocycles. The van der Waals surface area contributed by atoms with Crippen molar-refractivity contribution >= 4 is 5.82 Å². The Morgan fingerprint density at radius 2 is 2.20 bits per heavy atom. The molecule has 5 nitrogen and oxygen atoms in total. The first-order valence-corrected chi connectivity index (χ1v) is 6.61. The van der Waals surface area contributed by atoms with Gasteiger partial charge in [0.25, 0.3) is 0 Å². The number of anilines is 1. The highest BCUT2D eigenvalue weighted by molar-refractivity contribution is 5.45. The molecule has 0 radical (unpaired) electrons. The molecule has 0 spiro atoms. The zero-order valence-corrected chi connectivity index (χ0v) is 11.3. The van der Waals surface area contributed by atoms with Crippen LogP contribution >= 0.6 is 0 Å². The molecule has 1 aliphatic heterocycles. The Kier molecular flexibility index (Phi) is 3.30. The molecule has 0 amide bonds. The van der Waals surface area contributed by atoms with Crippen LogP contribution in [-0.2, 0) is 6.42 Å². The largest absolute Gasteiger partial charge is 0.488 e. The van der Waals surface area contributed by atoms with Gasteiger partial charge in [0.2, 0.25) is 0 Å². The van der Waals surface area contributed by atoms with Crippen LogP contribution in [0.2, 0.25) is 0 Å². The summed E-state index contributed by atoms with van der Waals surface area (Å²) in [7, 11) is 0. The lowest BCUT2D eigenvalue weighted by atomic mass is 9.98. The van der Waals surface area contributed by atoms with Crippen molar-refractivity contribution in [3.05, 3.63) is 53.2 Å². The Bertz CT molecular complexity index is 604. The minimum absolute atomic E-state index is 0.0803. The van der Waals surface area contributed by atoms with Gasteiger partial charge in [-0.25, -0.2) is 10.4 Å². The van der Waals surface area contributed by atoms with Crippen molar-refractivity contribution in [2.24, 2.45) is 5.84 Å². The number of para-hydroxylation sites is 1. The fourth-order valence-electron chi connectivity index (χ4n) is 2.64. The van der Waals surface area contributed by atoms with Crippen LogP contribution < -0.4 is 21.7 Å². The van der Waals surface area contributed by atoms with E-state index in [9.17, 15) is 0 Å².